The molecule has 2 N–H and O–H groups in total. The minimum atomic E-state index is -0.187. The number of rotatable bonds is 59. The van der Waals surface area contributed by atoms with Crippen molar-refractivity contribution in [2.24, 2.45) is 5.41 Å². The summed E-state index contributed by atoms with van der Waals surface area (Å²) < 4.78 is 0. The topological polar surface area (TPSA) is 40.5 Å². The summed E-state index contributed by atoms with van der Waals surface area (Å²) in [4.78, 5) is 0. The van der Waals surface area contributed by atoms with Gasteiger partial charge in [0.05, 0.1) is 0 Å². The van der Waals surface area contributed by atoms with Gasteiger partial charge in [-0.05, 0) is 129 Å². The minimum absolute atomic E-state index is 0.187. The molecule has 0 bridgehead atoms. The molecule has 0 aliphatic heterocycles. The minimum Gasteiger partial charge on any atom is -0.508 e. The highest BCUT2D eigenvalue weighted by atomic mass is 16.3. The van der Waals surface area contributed by atoms with Crippen molar-refractivity contribution in [3.8, 4) is 11.5 Å². The summed E-state index contributed by atoms with van der Waals surface area (Å²) in [6.45, 7) is 18.6. The van der Waals surface area contributed by atoms with Crippen LogP contribution in [0.15, 0.2) is 24.3 Å². The fourth-order valence-corrected chi connectivity index (χ4v) is 14.3. The molecule has 2 nitrogen and oxygen atoms in total. The Morgan fingerprint density at radius 1 is 0.250 bits per heavy atom. The molecule has 0 saturated carbocycles. The number of aromatic hydroxyl groups is 2. The molecule has 0 fully saturated rings. The molecule has 0 radical (unpaired) electrons. The Bertz CT molecular complexity index is 1560. The molecule has 2 aromatic rings. The predicted octanol–water partition coefficient (Wildman–Crippen LogP) is 27.3. The average molecular weight is 1110 g/mol. The van der Waals surface area contributed by atoms with Crippen molar-refractivity contribution in [1.82, 2.24) is 0 Å². The lowest BCUT2D eigenvalue weighted by atomic mass is 9.61. The molecule has 0 amide bonds. The predicted molar refractivity (Wildman–Crippen MR) is 360 cm³/mol. The van der Waals surface area contributed by atoms with Crippen molar-refractivity contribution in [1.29, 1.82) is 0 Å². The SMILES string of the molecule is CCCCCCCCCCCCCC(CCCCCCCCCCCCC)(CCCCCCCCCCCCC)CCC(CCCCCCCCCCCCC)(c1cc(CCCC)c(O)cc1C)c1cc(CCCC)c(O)cc1C. The van der Waals surface area contributed by atoms with Crippen LogP contribution in [0.5, 0.6) is 11.5 Å². The van der Waals surface area contributed by atoms with E-state index in [4.69, 9.17) is 0 Å². The van der Waals surface area contributed by atoms with Crippen LogP contribution in [0, 0.1) is 19.3 Å². The molecule has 0 saturated heterocycles. The molecular formula is C78H142O2. The zero-order valence-corrected chi connectivity index (χ0v) is 55.8. The Balaban J connectivity index is 2.68. The van der Waals surface area contributed by atoms with Crippen molar-refractivity contribution >= 4 is 0 Å². The molecule has 0 unspecified atom stereocenters. The maximum atomic E-state index is 11.7. The summed E-state index contributed by atoms with van der Waals surface area (Å²) >= 11 is 0. The molecule has 0 spiro atoms. The van der Waals surface area contributed by atoms with Gasteiger partial charge in [0.15, 0.2) is 0 Å². The molecule has 2 heteroatoms. The fraction of sp³-hybridized carbons (Fsp3) is 0.846. The van der Waals surface area contributed by atoms with E-state index >= 15 is 0 Å². The summed E-state index contributed by atoms with van der Waals surface area (Å²) in [5.41, 5.74) is 7.94. The van der Waals surface area contributed by atoms with Crippen molar-refractivity contribution < 1.29 is 10.2 Å². The van der Waals surface area contributed by atoms with E-state index in [0.29, 0.717) is 16.9 Å². The van der Waals surface area contributed by atoms with Crippen LogP contribution in [-0.2, 0) is 18.3 Å². The lowest BCUT2D eigenvalue weighted by Crippen LogP contribution is -2.34. The van der Waals surface area contributed by atoms with Crippen LogP contribution >= 0.6 is 0 Å². The summed E-state index contributed by atoms with van der Waals surface area (Å²) in [6.07, 6.45) is 75.5. The first-order chi connectivity index (χ1) is 39.2. The molecule has 0 atom stereocenters. The summed E-state index contributed by atoms with van der Waals surface area (Å²) in [6, 6.07) is 9.38. The van der Waals surface area contributed by atoms with Crippen molar-refractivity contribution in [2.75, 3.05) is 0 Å². The third-order valence-corrected chi connectivity index (χ3v) is 19.7. The van der Waals surface area contributed by atoms with E-state index in [0.717, 1.165) is 62.5 Å². The first kappa shape index (κ1) is 74.1. The molecule has 0 aliphatic rings. The van der Waals surface area contributed by atoms with Gasteiger partial charge >= 0.3 is 0 Å². The number of phenols is 2. The molecule has 2 aromatic carbocycles. The first-order valence-corrected chi connectivity index (χ1v) is 36.8. The number of hydrogen-bond donors (Lipinski definition) is 2. The summed E-state index contributed by atoms with van der Waals surface area (Å²) in [7, 11) is 0. The van der Waals surface area contributed by atoms with Gasteiger partial charge in [-0.1, -0.05) is 349 Å². The second-order valence-electron chi connectivity index (χ2n) is 27.0. The van der Waals surface area contributed by atoms with Crippen molar-refractivity contribution in [3.05, 3.63) is 57.6 Å². The molecular weight excluding hydrogens is 969 g/mol. The zero-order chi connectivity index (χ0) is 58.0. The average Bonchev–Trinajstić information content (AvgIpc) is 3.56. The Kier molecular flexibility index (Phi) is 46.7. The van der Waals surface area contributed by atoms with Gasteiger partial charge in [-0.3, -0.25) is 0 Å². The van der Waals surface area contributed by atoms with E-state index < -0.39 is 0 Å². The Labute approximate surface area is 502 Å². The molecule has 2 rings (SSSR count). The highest BCUT2D eigenvalue weighted by Gasteiger charge is 2.40. The third-order valence-electron chi connectivity index (χ3n) is 19.7. The first-order valence-electron chi connectivity index (χ1n) is 36.8. The van der Waals surface area contributed by atoms with Gasteiger partial charge in [0.2, 0.25) is 0 Å². The Hall–Kier alpha value is -1.96. The van der Waals surface area contributed by atoms with Crippen LogP contribution in [0.1, 0.15) is 422 Å². The number of aryl methyl sites for hydroxylation is 4. The lowest BCUT2D eigenvalue weighted by molar-refractivity contribution is 0.158. The zero-order valence-electron chi connectivity index (χ0n) is 55.8. The van der Waals surface area contributed by atoms with E-state index in [1.165, 1.54) is 330 Å². The van der Waals surface area contributed by atoms with E-state index in [1.807, 2.05) is 0 Å². The number of benzene rings is 2. The highest BCUT2D eigenvalue weighted by Crippen LogP contribution is 2.52. The standard InChI is InChI=1S/C78H142O2/c1-9-15-21-25-29-33-37-41-45-49-53-59-77(60-54-50-46-42-38-34-30-26-22-16-10-2,61-55-51-47-43-39-35-31-27-23-17-11-3)63-64-78(62-56-52-48-44-40-36-32-28-24-18-12-4,73-67-71(57-19-13-5)75(79)65-69(73)7)74-68-72(58-20-14-6)76(80)66-70(74)8/h65-68,79-80H,9-64H2,1-8H3. The Morgan fingerprint density at radius 2 is 0.475 bits per heavy atom. The smallest absolute Gasteiger partial charge is 0.119 e. The van der Waals surface area contributed by atoms with Gasteiger partial charge in [-0.15, -0.1) is 0 Å². The van der Waals surface area contributed by atoms with Crippen molar-refractivity contribution in [3.63, 3.8) is 0 Å². The second-order valence-corrected chi connectivity index (χ2v) is 27.0. The second kappa shape index (κ2) is 50.4. The molecule has 0 heterocycles. The van der Waals surface area contributed by atoms with E-state index in [1.54, 1.807) is 0 Å². The van der Waals surface area contributed by atoms with Gasteiger partial charge in [0, 0.05) is 5.41 Å². The summed E-state index contributed by atoms with van der Waals surface area (Å²) in [5, 5.41) is 23.4. The van der Waals surface area contributed by atoms with Gasteiger partial charge in [-0.25, -0.2) is 0 Å². The van der Waals surface area contributed by atoms with Gasteiger partial charge in [0.1, 0.15) is 11.5 Å². The molecule has 466 valence electrons. The Morgan fingerprint density at radius 3 is 0.725 bits per heavy atom. The van der Waals surface area contributed by atoms with E-state index in [2.05, 4.69) is 79.7 Å². The summed E-state index contributed by atoms with van der Waals surface area (Å²) in [5.74, 6) is 0.987. The normalized spacial score (nSPS) is 12.2. The number of unbranched alkanes of at least 4 members (excludes halogenated alkanes) is 42. The molecule has 0 aliphatic carbocycles. The highest BCUT2D eigenvalue weighted by molar-refractivity contribution is 5.54. The largest absolute Gasteiger partial charge is 0.508 e. The maximum absolute atomic E-state index is 11.7. The van der Waals surface area contributed by atoms with Crippen LogP contribution in [0.25, 0.3) is 0 Å². The fourth-order valence-electron chi connectivity index (χ4n) is 14.3. The quantitative estimate of drug-likeness (QED) is 0.0648. The van der Waals surface area contributed by atoms with Crippen LogP contribution < -0.4 is 0 Å². The maximum Gasteiger partial charge on any atom is 0.119 e. The van der Waals surface area contributed by atoms with Gasteiger partial charge < -0.3 is 10.2 Å². The van der Waals surface area contributed by atoms with Gasteiger partial charge in [0.25, 0.3) is 0 Å². The number of hydrogen-bond acceptors (Lipinski definition) is 2. The lowest BCUT2D eigenvalue weighted by Gasteiger charge is -2.43. The molecule has 0 aromatic heterocycles. The van der Waals surface area contributed by atoms with E-state index in [9.17, 15) is 10.2 Å². The van der Waals surface area contributed by atoms with Crippen LogP contribution in [0.3, 0.4) is 0 Å². The number of phenolic OH excluding ortho intramolecular Hbond substituents is 2. The van der Waals surface area contributed by atoms with Gasteiger partial charge in [-0.2, -0.15) is 0 Å². The van der Waals surface area contributed by atoms with Crippen LogP contribution in [0.4, 0.5) is 0 Å². The van der Waals surface area contributed by atoms with Crippen LogP contribution in [0.2, 0.25) is 0 Å². The van der Waals surface area contributed by atoms with E-state index in [-0.39, 0.29) is 5.41 Å². The molecule has 80 heavy (non-hydrogen) atoms. The third kappa shape index (κ3) is 33.5. The van der Waals surface area contributed by atoms with Crippen LogP contribution in [-0.4, -0.2) is 10.2 Å². The monoisotopic (exact) mass is 1110 g/mol. The van der Waals surface area contributed by atoms with Crippen molar-refractivity contribution in [2.45, 2.75) is 420 Å².